The number of carbonyl (C=O) groups excluding carboxylic acids is 1. The predicted molar refractivity (Wildman–Crippen MR) is 130 cm³/mol. The van der Waals surface area contributed by atoms with Gasteiger partial charge in [0.15, 0.2) is 11.3 Å². The van der Waals surface area contributed by atoms with Gasteiger partial charge < -0.3 is 24.0 Å². The number of hydrogen-bond donors (Lipinski definition) is 2. The quantitative estimate of drug-likeness (QED) is 0.430. The molecule has 34 heavy (non-hydrogen) atoms. The van der Waals surface area contributed by atoms with Crippen LogP contribution in [-0.2, 0) is 0 Å². The smallest absolute Gasteiger partial charge is 0.298 e. The summed E-state index contributed by atoms with van der Waals surface area (Å²) in [5.74, 6) is 0.530. The summed E-state index contributed by atoms with van der Waals surface area (Å²) in [7, 11) is 0. The topological polar surface area (TPSA) is 103 Å². The van der Waals surface area contributed by atoms with Gasteiger partial charge in [0.25, 0.3) is 11.9 Å². The van der Waals surface area contributed by atoms with Crippen molar-refractivity contribution in [3.05, 3.63) is 42.4 Å². The van der Waals surface area contributed by atoms with Gasteiger partial charge in [-0.25, -0.2) is 0 Å². The Hall–Kier alpha value is -3.75. The van der Waals surface area contributed by atoms with E-state index in [-0.39, 0.29) is 11.7 Å². The standard InChI is InChI=1S/C25H28N6O3/c32-24(22-8-7-21(33-22)17-15-26-27-16-17)28-18-14-23-19(13-20(18)30-9-3-1-4-10-30)29-25(34-23)31-11-5-2-6-12-31/h7-8,13-16H,1-6,9-12H2,(H,26,27)(H,28,32). The zero-order valence-corrected chi connectivity index (χ0v) is 19.0. The fourth-order valence-electron chi connectivity index (χ4n) is 4.85. The third-order valence-electron chi connectivity index (χ3n) is 6.68. The van der Waals surface area contributed by atoms with Crippen LogP contribution in [0, 0.1) is 0 Å². The summed E-state index contributed by atoms with van der Waals surface area (Å²) in [6.07, 6.45) is 10.4. The van der Waals surface area contributed by atoms with Gasteiger partial charge in [-0.3, -0.25) is 9.89 Å². The van der Waals surface area contributed by atoms with Crippen molar-refractivity contribution in [3.63, 3.8) is 0 Å². The maximum absolute atomic E-state index is 13.1. The lowest BCUT2D eigenvalue weighted by atomic mass is 10.1. The molecule has 0 radical (unpaired) electrons. The second-order valence-corrected chi connectivity index (χ2v) is 9.03. The van der Waals surface area contributed by atoms with E-state index in [4.69, 9.17) is 13.8 Å². The molecule has 1 amide bonds. The molecule has 2 fully saturated rings. The first-order chi connectivity index (χ1) is 16.7. The molecule has 0 aliphatic carbocycles. The Morgan fingerprint density at radius 1 is 0.941 bits per heavy atom. The number of nitrogens with zero attached hydrogens (tertiary/aromatic N) is 4. The number of furan rings is 1. The minimum absolute atomic E-state index is 0.243. The molecule has 9 heteroatoms. The molecule has 2 saturated heterocycles. The van der Waals surface area contributed by atoms with E-state index < -0.39 is 0 Å². The molecule has 3 aromatic heterocycles. The summed E-state index contributed by atoms with van der Waals surface area (Å²) in [4.78, 5) is 22.5. The van der Waals surface area contributed by atoms with Crippen molar-refractivity contribution in [1.29, 1.82) is 0 Å². The van der Waals surface area contributed by atoms with Crippen LogP contribution in [0.3, 0.4) is 0 Å². The fourth-order valence-corrected chi connectivity index (χ4v) is 4.85. The minimum Gasteiger partial charge on any atom is -0.451 e. The summed E-state index contributed by atoms with van der Waals surface area (Å²) >= 11 is 0. The molecule has 0 atom stereocenters. The van der Waals surface area contributed by atoms with Crippen LogP contribution < -0.4 is 15.1 Å². The van der Waals surface area contributed by atoms with Crippen LogP contribution in [0.5, 0.6) is 0 Å². The first-order valence-electron chi connectivity index (χ1n) is 12.1. The van der Waals surface area contributed by atoms with E-state index in [2.05, 4.69) is 25.3 Å². The second-order valence-electron chi connectivity index (χ2n) is 9.03. The van der Waals surface area contributed by atoms with Gasteiger partial charge in [0.1, 0.15) is 11.3 Å². The molecule has 0 unspecified atom stereocenters. The molecule has 6 rings (SSSR count). The summed E-state index contributed by atoms with van der Waals surface area (Å²) in [6.45, 7) is 3.84. The van der Waals surface area contributed by atoms with Gasteiger partial charge in [0.2, 0.25) is 0 Å². The Balaban J connectivity index is 1.32. The van der Waals surface area contributed by atoms with Gasteiger partial charge in [-0.1, -0.05) is 0 Å². The van der Waals surface area contributed by atoms with E-state index in [9.17, 15) is 4.79 Å². The third-order valence-corrected chi connectivity index (χ3v) is 6.68. The van der Waals surface area contributed by atoms with Crippen molar-refractivity contribution in [2.24, 2.45) is 0 Å². The van der Waals surface area contributed by atoms with Crippen molar-refractivity contribution in [3.8, 4) is 11.3 Å². The number of nitrogens with one attached hydrogen (secondary N) is 2. The third kappa shape index (κ3) is 4.02. The largest absolute Gasteiger partial charge is 0.451 e. The zero-order valence-electron chi connectivity index (χ0n) is 19.0. The zero-order chi connectivity index (χ0) is 22.9. The molecule has 5 heterocycles. The van der Waals surface area contributed by atoms with Crippen molar-refractivity contribution < 1.29 is 13.6 Å². The number of amides is 1. The van der Waals surface area contributed by atoms with Gasteiger partial charge in [-0.15, -0.1) is 0 Å². The second kappa shape index (κ2) is 8.89. The number of oxazole rings is 1. The molecule has 1 aromatic carbocycles. The highest BCUT2D eigenvalue weighted by molar-refractivity contribution is 6.06. The van der Waals surface area contributed by atoms with Gasteiger partial charge in [-0.2, -0.15) is 10.1 Å². The number of anilines is 3. The van der Waals surface area contributed by atoms with Crippen LogP contribution in [0.4, 0.5) is 17.4 Å². The van der Waals surface area contributed by atoms with Crippen molar-refractivity contribution in [2.75, 3.05) is 41.3 Å². The Labute approximate surface area is 197 Å². The van der Waals surface area contributed by atoms with E-state index >= 15 is 0 Å². The fraction of sp³-hybridized carbons (Fsp3) is 0.400. The van der Waals surface area contributed by atoms with Crippen molar-refractivity contribution in [1.82, 2.24) is 15.2 Å². The minimum atomic E-state index is -0.303. The van der Waals surface area contributed by atoms with Crippen LogP contribution in [0.15, 0.2) is 45.5 Å². The number of H-pyrrole nitrogens is 1. The number of benzene rings is 1. The predicted octanol–water partition coefficient (Wildman–Crippen LogP) is 5.04. The van der Waals surface area contributed by atoms with Crippen LogP contribution in [0.25, 0.3) is 22.4 Å². The Bertz CT molecular complexity index is 1280. The molecule has 4 aromatic rings. The number of aromatic nitrogens is 3. The van der Waals surface area contributed by atoms with Crippen LogP contribution in [0.1, 0.15) is 49.1 Å². The number of rotatable bonds is 5. The SMILES string of the molecule is O=C(Nc1cc2oc(N3CCCCC3)nc2cc1N1CCCCC1)c1ccc(-c2cn[nH]c2)o1. The normalized spacial score (nSPS) is 16.8. The molecule has 2 aliphatic heterocycles. The number of fused-ring (bicyclic) bond motifs is 1. The summed E-state index contributed by atoms with van der Waals surface area (Å²) < 4.78 is 11.9. The summed E-state index contributed by atoms with van der Waals surface area (Å²) in [5.41, 5.74) is 3.97. The van der Waals surface area contributed by atoms with Crippen LogP contribution in [0.2, 0.25) is 0 Å². The number of hydrogen-bond acceptors (Lipinski definition) is 7. The molecular weight excluding hydrogens is 432 g/mol. The lowest BCUT2D eigenvalue weighted by Gasteiger charge is -2.30. The number of carbonyl (C=O) groups is 1. The maximum Gasteiger partial charge on any atom is 0.298 e. The molecule has 0 saturated carbocycles. The molecule has 0 spiro atoms. The molecular formula is C25H28N6O3. The first-order valence-corrected chi connectivity index (χ1v) is 12.1. The molecule has 0 bridgehead atoms. The van der Waals surface area contributed by atoms with Gasteiger partial charge in [0.05, 0.1) is 23.1 Å². The van der Waals surface area contributed by atoms with E-state index in [1.807, 2.05) is 12.1 Å². The molecule has 2 aliphatic rings. The van der Waals surface area contributed by atoms with Crippen molar-refractivity contribution >= 4 is 34.4 Å². The Morgan fingerprint density at radius 3 is 2.44 bits per heavy atom. The monoisotopic (exact) mass is 460 g/mol. The number of piperidine rings is 2. The number of aromatic amines is 1. The van der Waals surface area contributed by atoms with E-state index in [0.29, 0.717) is 23.0 Å². The lowest BCUT2D eigenvalue weighted by molar-refractivity contribution is 0.0997. The van der Waals surface area contributed by atoms with Gasteiger partial charge >= 0.3 is 0 Å². The van der Waals surface area contributed by atoms with E-state index in [1.165, 1.54) is 12.8 Å². The highest BCUT2D eigenvalue weighted by Gasteiger charge is 2.23. The summed E-state index contributed by atoms with van der Waals surface area (Å²) in [6, 6.07) is 8.07. The van der Waals surface area contributed by atoms with E-state index in [0.717, 1.165) is 68.6 Å². The molecule has 176 valence electrons. The highest BCUT2D eigenvalue weighted by Crippen LogP contribution is 2.36. The lowest BCUT2D eigenvalue weighted by Crippen LogP contribution is -2.30. The highest BCUT2D eigenvalue weighted by atomic mass is 16.4. The Morgan fingerprint density at radius 2 is 1.71 bits per heavy atom. The van der Waals surface area contributed by atoms with Gasteiger partial charge in [-0.05, 0) is 56.7 Å². The van der Waals surface area contributed by atoms with Crippen molar-refractivity contribution in [2.45, 2.75) is 38.5 Å². The average molecular weight is 461 g/mol. The first kappa shape index (κ1) is 20.8. The van der Waals surface area contributed by atoms with Crippen LogP contribution in [-0.4, -0.2) is 47.3 Å². The Kier molecular flexibility index (Phi) is 5.44. The van der Waals surface area contributed by atoms with Crippen LogP contribution >= 0.6 is 0 Å². The van der Waals surface area contributed by atoms with E-state index in [1.54, 1.807) is 24.5 Å². The van der Waals surface area contributed by atoms with Gasteiger partial charge in [0, 0.05) is 38.4 Å². The average Bonchev–Trinajstić information content (AvgIpc) is 3.65. The maximum atomic E-state index is 13.1. The molecule has 2 N–H and O–H groups in total. The summed E-state index contributed by atoms with van der Waals surface area (Å²) in [5, 5.41) is 9.76. The molecule has 9 nitrogen and oxygen atoms in total.